The predicted molar refractivity (Wildman–Crippen MR) is 413 cm³/mol. The number of aromatic nitrogens is 4. The van der Waals surface area contributed by atoms with Gasteiger partial charge in [-0.2, -0.15) is 21.0 Å². The van der Waals surface area contributed by atoms with E-state index in [1.807, 2.05) is 24.3 Å². The number of thiazole rings is 4. The zero-order valence-electron chi connectivity index (χ0n) is 54.5. The molecule has 16 heteroatoms. The van der Waals surface area contributed by atoms with Crippen molar-refractivity contribution in [2.45, 2.75) is 38.5 Å². The molecule has 0 saturated heterocycles. The van der Waals surface area contributed by atoms with Crippen LogP contribution in [-0.4, -0.2) is 31.5 Å². The number of hydrogen-bond acceptors (Lipinski definition) is 16. The maximum Gasteiger partial charge on any atom is 0.194 e. The van der Waals surface area contributed by atoms with Gasteiger partial charge in [0.05, 0.1) is 20.6 Å². The Labute approximate surface area is 608 Å². The summed E-state index contributed by atoms with van der Waals surface area (Å²) in [5.41, 5.74) is 20.2. The smallest absolute Gasteiger partial charge is 0.194 e. The Balaban J connectivity index is 0.812. The van der Waals surface area contributed by atoms with Gasteiger partial charge in [0.25, 0.3) is 0 Å². The average Bonchev–Trinajstić information content (AvgIpc) is 1.50. The van der Waals surface area contributed by atoms with Crippen molar-refractivity contribution in [3.63, 3.8) is 0 Å². The summed E-state index contributed by atoms with van der Waals surface area (Å²) in [5.74, 6) is -0.503. The van der Waals surface area contributed by atoms with Crippen LogP contribution in [0.5, 0.6) is 0 Å². The molecular weight excluding hydrogens is 1370 g/mol. The van der Waals surface area contributed by atoms with Gasteiger partial charge in [-0.15, -0.1) is 22.7 Å². The summed E-state index contributed by atoms with van der Waals surface area (Å²) in [6.07, 6.45) is 3.40. The van der Waals surface area contributed by atoms with Crippen LogP contribution in [0, 0.1) is 73.0 Å². The van der Waals surface area contributed by atoms with Gasteiger partial charge in [-0.25, -0.2) is 19.9 Å². The van der Waals surface area contributed by atoms with E-state index in [1.165, 1.54) is 101 Å². The van der Waals surface area contributed by atoms with Gasteiger partial charge in [0.1, 0.15) is 55.5 Å². The van der Waals surface area contributed by atoms with Crippen molar-refractivity contribution in [1.29, 1.82) is 21.0 Å². The molecule has 0 N–H and O–H groups in total. The van der Waals surface area contributed by atoms with Crippen molar-refractivity contribution in [2.75, 3.05) is 0 Å². The van der Waals surface area contributed by atoms with E-state index in [2.05, 4.69) is 173 Å². The van der Waals surface area contributed by atoms with E-state index in [-0.39, 0.29) is 33.9 Å². The Kier molecular flexibility index (Phi) is 13.7. The van der Waals surface area contributed by atoms with Crippen LogP contribution in [-0.2, 0) is 10.8 Å². The first-order valence-electron chi connectivity index (χ1n) is 32.8. The Morgan fingerprint density at radius 2 is 0.696 bits per heavy atom. The lowest BCUT2D eigenvalue weighted by Crippen LogP contribution is -2.30. The van der Waals surface area contributed by atoms with Crippen LogP contribution in [0.3, 0.4) is 0 Å². The number of carbonyl (C=O) groups excluding carboxylic acids is 2. The minimum Gasteiger partial charge on any atom is -0.289 e. The van der Waals surface area contributed by atoms with Crippen molar-refractivity contribution in [2.24, 2.45) is 0 Å². The molecule has 0 bridgehead atoms. The van der Waals surface area contributed by atoms with Gasteiger partial charge >= 0.3 is 0 Å². The summed E-state index contributed by atoms with van der Waals surface area (Å²) in [5, 5.41) is 45.1. The first kappa shape index (κ1) is 61.3. The van der Waals surface area contributed by atoms with E-state index in [0.717, 1.165) is 92.6 Å². The molecule has 0 fully saturated rings. The summed E-state index contributed by atoms with van der Waals surface area (Å²) in [4.78, 5) is 53.4. The van der Waals surface area contributed by atoms with E-state index in [4.69, 9.17) is 19.9 Å². The number of thiophene rings is 2. The van der Waals surface area contributed by atoms with Crippen LogP contribution in [0.1, 0.15) is 109 Å². The lowest BCUT2D eigenvalue weighted by atomic mass is 9.65. The van der Waals surface area contributed by atoms with Gasteiger partial charge in [-0.3, -0.25) is 9.59 Å². The van der Waals surface area contributed by atoms with Crippen molar-refractivity contribution in [3.05, 3.63) is 315 Å². The molecular formula is C86H46N8O2S6. The Hall–Kier alpha value is -11.8. The molecule has 0 radical (unpaired) electrons. The van der Waals surface area contributed by atoms with Crippen LogP contribution in [0.15, 0.2) is 216 Å². The number of rotatable bonds is 8. The number of ketones is 2. The van der Waals surface area contributed by atoms with Crippen LogP contribution in [0.2, 0.25) is 0 Å². The summed E-state index contributed by atoms with van der Waals surface area (Å²) in [7, 11) is 0. The van der Waals surface area contributed by atoms with Gasteiger partial charge in [0.2, 0.25) is 0 Å². The first-order valence-corrected chi connectivity index (χ1v) is 37.7. The minimum atomic E-state index is -0.793. The second-order valence-corrected chi connectivity index (χ2v) is 32.2. The summed E-state index contributed by atoms with van der Waals surface area (Å²) < 4.78 is 2.30. The van der Waals surface area contributed by atoms with Crippen molar-refractivity contribution >= 4 is 142 Å². The first-order chi connectivity index (χ1) is 49.8. The third-order valence-corrected chi connectivity index (χ3v) is 27.0. The Morgan fingerprint density at radius 1 is 0.363 bits per heavy atom. The minimum absolute atomic E-state index is 0.121. The number of aryl methyl sites for hydroxylation is 4. The SMILES string of the molecule is Cc1ccc(C2(c3ccc(C)cc3)c3cc4c(cc3-c3c2ccc2cc(-c5nc6sc(C=C7C(=O)c8ccccc8C7=C(C#N)C#N)nc6s5)sc32)C(c2ccc(C)cc2)(c2ccc(C)cc2)c2ccc3cc(-c5nc6sc(C=C7C(=O)c8ccccc8C7=C(C#N)C#N)nc6s5)sc3c2-4)cc1. The van der Waals surface area contributed by atoms with Crippen molar-refractivity contribution in [3.8, 4) is 66.3 Å². The summed E-state index contributed by atoms with van der Waals surface area (Å²) in [6.45, 7) is 8.59. The highest BCUT2D eigenvalue weighted by molar-refractivity contribution is 7.32. The normalized spacial score (nSPS) is 15.0. The maximum atomic E-state index is 13.9. The van der Waals surface area contributed by atoms with Gasteiger partial charge in [0, 0.05) is 53.9 Å². The lowest BCUT2D eigenvalue weighted by molar-refractivity contribution is 0.103. The molecule has 6 aromatic heterocycles. The molecule has 4 aliphatic rings. The summed E-state index contributed by atoms with van der Waals surface area (Å²) in [6, 6.07) is 77.7. The van der Waals surface area contributed by atoms with Gasteiger partial charge in [0.15, 0.2) is 30.9 Å². The van der Waals surface area contributed by atoms with E-state index in [0.29, 0.717) is 43.4 Å². The number of nitriles is 4. The molecule has 6 heterocycles. The van der Waals surface area contributed by atoms with E-state index >= 15 is 0 Å². The zero-order chi connectivity index (χ0) is 69.2. The molecule has 0 aliphatic heterocycles. The molecule has 15 aromatic rings. The maximum absolute atomic E-state index is 13.9. The number of carbonyl (C=O) groups is 2. The third-order valence-electron chi connectivity index (χ3n) is 20.4. The molecule has 478 valence electrons. The van der Waals surface area contributed by atoms with Crippen LogP contribution >= 0.6 is 68.0 Å². The highest BCUT2D eigenvalue weighted by Crippen LogP contribution is 2.66. The number of hydrogen-bond donors (Lipinski definition) is 0. The second kappa shape index (κ2) is 22.9. The van der Waals surface area contributed by atoms with E-state index in [1.54, 1.807) is 83.4 Å². The highest BCUT2D eigenvalue weighted by Gasteiger charge is 2.53. The molecule has 9 aromatic carbocycles. The van der Waals surface area contributed by atoms with Crippen LogP contribution in [0.4, 0.5) is 0 Å². The van der Waals surface area contributed by atoms with E-state index < -0.39 is 10.8 Å². The molecule has 10 nitrogen and oxygen atoms in total. The number of nitrogens with zero attached hydrogens (tertiary/aromatic N) is 8. The van der Waals surface area contributed by atoms with Crippen molar-refractivity contribution in [1.82, 2.24) is 19.9 Å². The lowest BCUT2D eigenvalue weighted by Gasteiger charge is -2.35. The number of fused-ring (bicyclic) bond motifs is 14. The van der Waals surface area contributed by atoms with Crippen LogP contribution < -0.4 is 0 Å². The standard InChI is InChI=1S/C86H46N8O2S6/c1-43-13-23-51(24-14-43)85(52-25-15-44(2)16-26-52)63-31-21-47-33-67(79-93-83-81(101-79)91-69(99-83)37-61-71(49(39-87)40-88)55-9-5-7-11-57(55)75(61)95)97-77(47)73(63)59-36-66-60(35-65(59)85)74-64(86(66,53-27-17-45(3)18-28-53)54-29-19-46(4)20-30-54)32-22-48-34-68(98-78(48)74)80-94-84-82(102-80)92-70(100-84)38-62-72(50(41-89)42-90)56-10-6-8-12-58(56)76(62)96/h5-38H,1-4H3. The topological polar surface area (TPSA) is 181 Å². The predicted octanol–water partition coefficient (Wildman–Crippen LogP) is 21.7. The van der Waals surface area contributed by atoms with Crippen molar-refractivity contribution < 1.29 is 9.59 Å². The zero-order valence-corrected chi connectivity index (χ0v) is 59.4. The quantitative estimate of drug-likeness (QED) is 0.105. The summed E-state index contributed by atoms with van der Waals surface area (Å²) >= 11 is 9.28. The van der Waals surface area contributed by atoms with Gasteiger partial charge in [-0.05, 0) is 142 Å². The third kappa shape index (κ3) is 8.79. The fourth-order valence-electron chi connectivity index (χ4n) is 15.9. The fourth-order valence-corrected chi connectivity index (χ4v) is 22.4. The Bertz CT molecular complexity index is 6040. The molecule has 19 rings (SSSR count). The number of allylic oxidation sites excluding steroid dienone is 6. The fraction of sp³-hybridized carbons (Fsp3) is 0.0698. The molecule has 0 spiro atoms. The largest absolute Gasteiger partial charge is 0.289 e. The molecule has 102 heavy (non-hydrogen) atoms. The number of Topliss-reactive ketones (excluding diaryl/α,β-unsaturated/α-hetero) is 2. The highest BCUT2D eigenvalue weighted by atomic mass is 32.1. The molecule has 0 amide bonds. The second-order valence-electron chi connectivity index (χ2n) is 26.1. The van der Waals surface area contributed by atoms with E-state index in [9.17, 15) is 30.6 Å². The van der Waals surface area contributed by atoms with Crippen LogP contribution in [0.25, 0.3) is 105 Å². The molecule has 0 unspecified atom stereocenters. The monoisotopic (exact) mass is 1410 g/mol. The number of benzene rings is 9. The Morgan fingerprint density at radius 3 is 1.03 bits per heavy atom. The molecule has 0 saturated carbocycles. The molecule has 4 aliphatic carbocycles. The van der Waals surface area contributed by atoms with Gasteiger partial charge < -0.3 is 0 Å². The molecule has 0 atom stereocenters. The van der Waals surface area contributed by atoms with Gasteiger partial charge in [-0.1, -0.05) is 237 Å². The average molecular weight is 1420 g/mol.